The van der Waals surface area contributed by atoms with Crippen LogP contribution in [0.15, 0.2) is 42.5 Å². The number of phenols is 1. The standard InChI is InChI=1S/C15H12O5/c1-10-8-13(6-7-14(10)17)20-15(18)11-2-4-12(5-3-11)19-9-16/h2-9,17H,1H3. The molecule has 0 bridgehead atoms. The van der Waals surface area contributed by atoms with Crippen molar-refractivity contribution in [3.8, 4) is 17.2 Å². The molecule has 102 valence electrons. The van der Waals surface area contributed by atoms with E-state index in [4.69, 9.17) is 4.74 Å². The first kappa shape index (κ1) is 13.6. The van der Waals surface area contributed by atoms with Crippen LogP contribution in [0, 0.1) is 6.92 Å². The minimum atomic E-state index is -0.534. The van der Waals surface area contributed by atoms with E-state index in [0.717, 1.165) is 0 Å². The predicted molar refractivity (Wildman–Crippen MR) is 70.9 cm³/mol. The Kier molecular flexibility index (Phi) is 4.00. The van der Waals surface area contributed by atoms with Gasteiger partial charge >= 0.3 is 5.97 Å². The van der Waals surface area contributed by atoms with Crippen LogP contribution >= 0.6 is 0 Å². The third-order valence-electron chi connectivity index (χ3n) is 2.65. The van der Waals surface area contributed by atoms with Gasteiger partial charge in [0.2, 0.25) is 0 Å². The molecule has 0 heterocycles. The number of hydrogen-bond acceptors (Lipinski definition) is 5. The lowest BCUT2D eigenvalue weighted by Gasteiger charge is -2.06. The second-order valence-corrected chi connectivity index (χ2v) is 4.08. The van der Waals surface area contributed by atoms with Crippen molar-refractivity contribution in [3.05, 3.63) is 53.6 Å². The van der Waals surface area contributed by atoms with Gasteiger partial charge in [-0.25, -0.2) is 4.79 Å². The van der Waals surface area contributed by atoms with E-state index >= 15 is 0 Å². The quantitative estimate of drug-likeness (QED) is 0.526. The number of carbonyl (C=O) groups is 2. The number of aromatic hydroxyl groups is 1. The van der Waals surface area contributed by atoms with Crippen molar-refractivity contribution in [2.45, 2.75) is 6.92 Å². The molecule has 2 aromatic carbocycles. The predicted octanol–water partition coefficient (Wildman–Crippen LogP) is 2.46. The van der Waals surface area contributed by atoms with E-state index in [0.29, 0.717) is 29.1 Å². The van der Waals surface area contributed by atoms with Crippen LogP contribution in [0.25, 0.3) is 0 Å². The molecule has 0 saturated carbocycles. The van der Waals surface area contributed by atoms with Gasteiger partial charge in [-0.05, 0) is 55.0 Å². The van der Waals surface area contributed by atoms with Crippen molar-refractivity contribution >= 4 is 12.4 Å². The summed E-state index contributed by atoms with van der Waals surface area (Å²) in [5.74, 6) is 0.295. The zero-order valence-electron chi connectivity index (χ0n) is 10.7. The summed E-state index contributed by atoms with van der Waals surface area (Å²) in [5, 5.41) is 9.39. The van der Waals surface area contributed by atoms with Crippen molar-refractivity contribution in [2.75, 3.05) is 0 Å². The molecule has 0 saturated heterocycles. The lowest BCUT2D eigenvalue weighted by Crippen LogP contribution is -2.08. The molecule has 0 spiro atoms. The van der Waals surface area contributed by atoms with Gasteiger partial charge in [0.15, 0.2) is 0 Å². The van der Waals surface area contributed by atoms with E-state index in [-0.39, 0.29) is 5.75 Å². The van der Waals surface area contributed by atoms with Gasteiger partial charge < -0.3 is 14.6 Å². The van der Waals surface area contributed by atoms with Crippen molar-refractivity contribution in [2.24, 2.45) is 0 Å². The molecular formula is C15H12O5. The lowest BCUT2D eigenvalue weighted by molar-refractivity contribution is -0.120. The molecule has 0 unspecified atom stereocenters. The van der Waals surface area contributed by atoms with Gasteiger partial charge in [0, 0.05) is 0 Å². The Bertz CT molecular complexity index is 631. The first-order valence-corrected chi connectivity index (χ1v) is 5.82. The summed E-state index contributed by atoms with van der Waals surface area (Å²) < 4.78 is 9.80. The average molecular weight is 272 g/mol. The molecule has 0 aromatic heterocycles. The molecule has 0 aliphatic heterocycles. The van der Waals surface area contributed by atoms with E-state index in [1.165, 1.54) is 36.4 Å². The normalized spacial score (nSPS) is 9.85. The van der Waals surface area contributed by atoms with Crippen LogP contribution in [-0.4, -0.2) is 17.5 Å². The fourth-order valence-electron chi connectivity index (χ4n) is 1.58. The van der Waals surface area contributed by atoms with E-state index < -0.39 is 5.97 Å². The van der Waals surface area contributed by atoms with Crippen molar-refractivity contribution in [1.82, 2.24) is 0 Å². The largest absolute Gasteiger partial charge is 0.508 e. The molecule has 1 N–H and O–H groups in total. The Hall–Kier alpha value is -2.82. The molecule has 5 nitrogen and oxygen atoms in total. The number of carbonyl (C=O) groups excluding carboxylic acids is 2. The van der Waals surface area contributed by atoms with Gasteiger partial charge in [0.05, 0.1) is 5.56 Å². The Morgan fingerprint density at radius 2 is 1.75 bits per heavy atom. The smallest absolute Gasteiger partial charge is 0.343 e. The minimum absolute atomic E-state index is 0.139. The van der Waals surface area contributed by atoms with E-state index in [2.05, 4.69) is 4.74 Å². The SMILES string of the molecule is Cc1cc(OC(=O)c2ccc(OC=O)cc2)ccc1O. The third-order valence-corrected chi connectivity index (χ3v) is 2.65. The maximum Gasteiger partial charge on any atom is 0.343 e. The summed E-state index contributed by atoms with van der Waals surface area (Å²) in [5.41, 5.74) is 0.944. The van der Waals surface area contributed by atoms with Crippen LogP contribution in [-0.2, 0) is 4.79 Å². The number of hydrogen-bond donors (Lipinski definition) is 1. The highest BCUT2D eigenvalue weighted by atomic mass is 16.5. The molecule has 5 heteroatoms. The second kappa shape index (κ2) is 5.88. The molecule has 2 aromatic rings. The Labute approximate surface area is 115 Å². The molecule has 0 aliphatic rings. The number of benzene rings is 2. The molecule has 0 amide bonds. The minimum Gasteiger partial charge on any atom is -0.508 e. The van der Waals surface area contributed by atoms with Crippen molar-refractivity contribution in [1.29, 1.82) is 0 Å². The first-order valence-electron chi connectivity index (χ1n) is 5.82. The number of phenolic OH excluding ortho intramolecular Hbond substituents is 1. The summed E-state index contributed by atoms with van der Waals surface area (Å²) >= 11 is 0. The summed E-state index contributed by atoms with van der Waals surface area (Å²) in [6.45, 7) is 2.02. The van der Waals surface area contributed by atoms with Gasteiger partial charge in [0.1, 0.15) is 17.2 Å². The molecule has 0 fully saturated rings. The van der Waals surface area contributed by atoms with Crippen LogP contribution in [0.5, 0.6) is 17.2 Å². The van der Waals surface area contributed by atoms with Gasteiger partial charge in [-0.1, -0.05) is 0 Å². The van der Waals surface area contributed by atoms with Crippen LogP contribution in [0.2, 0.25) is 0 Å². The van der Waals surface area contributed by atoms with E-state index in [1.807, 2.05) is 0 Å². The Morgan fingerprint density at radius 1 is 1.10 bits per heavy atom. The maximum absolute atomic E-state index is 11.9. The summed E-state index contributed by atoms with van der Waals surface area (Å²) in [4.78, 5) is 22.0. The van der Waals surface area contributed by atoms with Crippen molar-refractivity contribution < 1.29 is 24.2 Å². The van der Waals surface area contributed by atoms with Crippen LogP contribution < -0.4 is 9.47 Å². The summed E-state index contributed by atoms with van der Waals surface area (Å²) in [6, 6.07) is 10.5. The summed E-state index contributed by atoms with van der Waals surface area (Å²) in [7, 11) is 0. The number of aryl methyl sites for hydroxylation is 1. The molecule has 20 heavy (non-hydrogen) atoms. The van der Waals surface area contributed by atoms with Crippen LogP contribution in [0.1, 0.15) is 15.9 Å². The number of ether oxygens (including phenoxy) is 2. The van der Waals surface area contributed by atoms with Gasteiger partial charge in [-0.2, -0.15) is 0 Å². The Balaban J connectivity index is 2.11. The Morgan fingerprint density at radius 3 is 2.35 bits per heavy atom. The average Bonchev–Trinajstić information content (AvgIpc) is 2.44. The van der Waals surface area contributed by atoms with E-state index in [9.17, 15) is 14.7 Å². The molecule has 0 aliphatic carbocycles. The van der Waals surface area contributed by atoms with Gasteiger partial charge in [-0.15, -0.1) is 0 Å². The zero-order valence-corrected chi connectivity index (χ0v) is 10.7. The molecule has 0 atom stereocenters. The molecular weight excluding hydrogens is 260 g/mol. The van der Waals surface area contributed by atoms with Crippen LogP contribution in [0.3, 0.4) is 0 Å². The maximum atomic E-state index is 11.9. The first-order chi connectivity index (χ1) is 9.60. The molecule has 2 rings (SSSR count). The van der Waals surface area contributed by atoms with E-state index in [1.54, 1.807) is 13.0 Å². The monoisotopic (exact) mass is 272 g/mol. The number of esters is 1. The highest BCUT2D eigenvalue weighted by molar-refractivity contribution is 5.91. The highest BCUT2D eigenvalue weighted by Gasteiger charge is 2.09. The molecule has 0 radical (unpaired) electrons. The third kappa shape index (κ3) is 3.14. The lowest BCUT2D eigenvalue weighted by atomic mass is 10.2. The fourth-order valence-corrected chi connectivity index (χ4v) is 1.58. The van der Waals surface area contributed by atoms with Gasteiger partial charge in [-0.3, -0.25) is 4.79 Å². The second-order valence-electron chi connectivity index (χ2n) is 4.08. The zero-order chi connectivity index (χ0) is 14.5. The highest BCUT2D eigenvalue weighted by Crippen LogP contribution is 2.22. The topological polar surface area (TPSA) is 72.8 Å². The van der Waals surface area contributed by atoms with Gasteiger partial charge in [0.25, 0.3) is 6.47 Å². The van der Waals surface area contributed by atoms with Crippen LogP contribution in [0.4, 0.5) is 0 Å². The number of rotatable bonds is 4. The van der Waals surface area contributed by atoms with Crippen molar-refractivity contribution in [3.63, 3.8) is 0 Å². The fraction of sp³-hybridized carbons (Fsp3) is 0.0667. The summed E-state index contributed by atoms with van der Waals surface area (Å²) in [6.07, 6.45) is 0.